The fourth-order valence-electron chi connectivity index (χ4n) is 3.59. The molecule has 1 aromatic heterocycles. The maximum Gasteiger partial charge on any atom is 0.250 e. The number of H-pyrrole nitrogens is 1. The number of nitrogens with zero attached hydrogens (tertiary/aromatic N) is 1. The molecule has 3 aromatic carbocycles. The third-order valence-corrected chi connectivity index (χ3v) is 6.52. The largest absolute Gasteiger partial charge is 0.497 e. The van der Waals surface area contributed by atoms with E-state index in [9.17, 15) is 9.59 Å². The maximum absolute atomic E-state index is 12.9. The van der Waals surface area contributed by atoms with E-state index in [0.29, 0.717) is 10.8 Å². The van der Waals surface area contributed by atoms with Gasteiger partial charge >= 0.3 is 0 Å². The van der Waals surface area contributed by atoms with Crippen molar-refractivity contribution >= 4 is 29.3 Å². The Morgan fingerprint density at radius 3 is 2.08 bits per heavy atom. The molecule has 0 bridgehead atoms. The Balaban J connectivity index is 1.62. The summed E-state index contributed by atoms with van der Waals surface area (Å²) in [7, 11) is 3.24. The first-order chi connectivity index (χ1) is 17.4. The number of ether oxygens (including phenoxy) is 2. The van der Waals surface area contributed by atoms with E-state index in [2.05, 4.69) is 10.3 Å². The number of imidazole rings is 1. The van der Waals surface area contributed by atoms with Gasteiger partial charge in [-0.2, -0.15) is 0 Å². The lowest BCUT2D eigenvalue weighted by Crippen LogP contribution is -2.24. The van der Waals surface area contributed by atoms with Crippen molar-refractivity contribution in [3.63, 3.8) is 0 Å². The van der Waals surface area contributed by atoms with E-state index in [1.165, 1.54) is 11.8 Å². The van der Waals surface area contributed by atoms with Gasteiger partial charge in [-0.3, -0.25) is 9.59 Å². The molecule has 0 aliphatic rings. The molecule has 1 atom stereocenters. The van der Waals surface area contributed by atoms with E-state index >= 15 is 0 Å². The summed E-state index contributed by atoms with van der Waals surface area (Å²) >= 11 is 1.28. The number of nitrogens with one attached hydrogen (secondary N) is 2. The van der Waals surface area contributed by atoms with Crippen molar-refractivity contribution in [2.45, 2.75) is 17.3 Å². The number of aromatic amines is 1. The van der Waals surface area contributed by atoms with E-state index in [1.807, 2.05) is 48.5 Å². The molecule has 0 aliphatic carbocycles. The zero-order valence-electron chi connectivity index (χ0n) is 20.1. The number of thioether (sulfide) groups is 1. The van der Waals surface area contributed by atoms with Crippen molar-refractivity contribution in [3.05, 3.63) is 78.4 Å². The van der Waals surface area contributed by atoms with Crippen molar-refractivity contribution in [1.29, 1.82) is 0 Å². The Morgan fingerprint density at radius 2 is 1.50 bits per heavy atom. The molecule has 36 heavy (non-hydrogen) atoms. The first-order valence-electron chi connectivity index (χ1n) is 11.1. The minimum atomic E-state index is -0.606. The summed E-state index contributed by atoms with van der Waals surface area (Å²) in [5, 5.41) is 2.86. The Hall–Kier alpha value is -4.24. The highest BCUT2D eigenvalue weighted by molar-refractivity contribution is 8.00. The number of anilines is 1. The Bertz CT molecular complexity index is 1300. The molecule has 4 aromatic rings. The average Bonchev–Trinajstić information content (AvgIpc) is 3.32. The van der Waals surface area contributed by atoms with Crippen LogP contribution in [0.15, 0.2) is 78.0 Å². The summed E-state index contributed by atoms with van der Waals surface area (Å²) in [6.45, 7) is 1.77. The second kappa shape index (κ2) is 11.0. The fraction of sp³-hybridized carbons (Fsp3) is 0.148. The van der Waals surface area contributed by atoms with Gasteiger partial charge in [0, 0.05) is 11.1 Å². The second-order valence-corrected chi connectivity index (χ2v) is 9.21. The van der Waals surface area contributed by atoms with Crippen LogP contribution in [0.4, 0.5) is 5.69 Å². The predicted octanol–water partition coefficient (Wildman–Crippen LogP) is 4.98. The number of primary amides is 1. The van der Waals surface area contributed by atoms with Crippen LogP contribution in [0, 0.1) is 0 Å². The number of aromatic nitrogens is 2. The quantitative estimate of drug-likeness (QED) is 0.278. The lowest BCUT2D eigenvalue weighted by molar-refractivity contribution is -0.115. The molecular weight excluding hydrogens is 476 g/mol. The number of hydrogen-bond donors (Lipinski definition) is 3. The van der Waals surface area contributed by atoms with Gasteiger partial charge in [-0.1, -0.05) is 23.9 Å². The number of methoxy groups -OCH3 is 2. The minimum absolute atomic E-state index is 0.254. The number of para-hydroxylation sites is 1. The fourth-order valence-corrected chi connectivity index (χ4v) is 4.40. The van der Waals surface area contributed by atoms with E-state index in [1.54, 1.807) is 45.4 Å². The predicted molar refractivity (Wildman–Crippen MR) is 141 cm³/mol. The molecule has 1 unspecified atom stereocenters. The van der Waals surface area contributed by atoms with Crippen LogP contribution >= 0.6 is 11.8 Å². The van der Waals surface area contributed by atoms with Crippen molar-refractivity contribution in [1.82, 2.24) is 9.97 Å². The molecule has 0 spiro atoms. The van der Waals surface area contributed by atoms with Crippen molar-refractivity contribution in [3.8, 4) is 34.0 Å². The molecule has 8 nitrogen and oxygen atoms in total. The molecule has 2 amide bonds. The Morgan fingerprint density at radius 1 is 0.917 bits per heavy atom. The van der Waals surface area contributed by atoms with Crippen LogP contribution in [0.3, 0.4) is 0 Å². The molecule has 0 fully saturated rings. The van der Waals surface area contributed by atoms with Crippen LogP contribution in [-0.2, 0) is 4.79 Å². The summed E-state index contributed by atoms with van der Waals surface area (Å²) in [5.74, 6) is 0.615. The van der Waals surface area contributed by atoms with E-state index in [4.69, 9.17) is 20.2 Å². The van der Waals surface area contributed by atoms with Crippen LogP contribution < -0.4 is 20.5 Å². The zero-order valence-corrected chi connectivity index (χ0v) is 20.9. The van der Waals surface area contributed by atoms with Gasteiger partial charge in [0.25, 0.3) is 5.91 Å². The topological polar surface area (TPSA) is 119 Å². The molecule has 0 radical (unpaired) electrons. The molecule has 1 heterocycles. The van der Waals surface area contributed by atoms with E-state index < -0.39 is 11.2 Å². The molecule has 4 N–H and O–H groups in total. The van der Waals surface area contributed by atoms with Gasteiger partial charge in [0.15, 0.2) is 5.16 Å². The number of carbonyl (C=O) groups is 2. The molecule has 0 aliphatic heterocycles. The van der Waals surface area contributed by atoms with Gasteiger partial charge in [-0.25, -0.2) is 4.98 Å². The van der Waals surface area contributed by atoms with Crippen LogP contribution in [0.2, 0.25) is 0 Å². The first-order valence-corrected chi connectivity index (χ1v) is 12.0. The number of benzene rings is 3. The number of carbonyl (C=O) groups excluding carboxylic acids is 2. The summed E-state index contributed by atoms with van der Waals surface area (Å²) < 4.78 is 10.6. The molecule has 0 saturated heterocycles. The minimum Gasteiger partial charge on any atom is -0.497 e. The van der Waals surface area contributed by atoms with Crippen molar-refractivity contribution in [2.24, 2.45) is 5.73 Å². The van der Waals surface area contributed by atoms with Crippen LogP contribution in [0.5, 0.6) is 11.5 Å². The smallest absolute Gasteiger partial charge is 0.250 e. The number of amides is 2. The lowest BCUT2D eigenvalue weighted by atomic mass is 10.0. The monoisotopic (exact) mass is 502 g/mol. The van der Waals surface area contributed by atoms with Gasteiger partial charge < -0.3 is 25.5 Å². The van der Waals surface area contributed by atoms with Gasteiger partial charge in [-0.05, 0) is 67.6 Å². The number of nitrogens with two attached hydrogens (primary N) is 1. The van der Waals surface area contributed by atoms with Gasteiger partial charge in [0.05, 0.1) is 42.1 Å². The normalized spacial score (nSPS) is 11.5. The zero-order chi connectivity index (χ0) is 25.7. The molecular formula is C27H26N4O4S. The SMILES string of the molecule is COc1ccc(-c2nc(SC(C)C(=O)Nc3ccccc3C(N)=O)[nH]c2-c2ccc(OC)cc2)cc1. The second-order valence-electron chi connectivity index (χ2n) is 7.88. The molecule has 0 saturated carbocycles. The summed E-state index contributed by atoms with van der Waals surface area (Å²) in [4.78, 5) is 32.8. The van der Waals surface area contributed by atoms with Crippen molar-refractivity contribution < 1.29 is 19.1 Å². The Kier molecular flexibility index (Phi) is 7.60. The number of hydrogen-bond acceptors (Lipinski definition) is 6. The molecule has 9 heteroatoms. The standard InChI is InChI=1S/C27H26N4O4S/c1-16(26(33)29-22-7-5-4-6-21(22)25(28)32)36-27-30-23(17-8-12-19(34-2)13-9-17)24(31-27)18-10-14-20(35-3)15-11-18/h4-16H,1-3H3,(H2,28,32)(H,29,33)(H,30,31). The van der Waals surface area contributed by atoms with Crippen LogP contribution in [-0.4, -0.2) is 41.3 Å². The molecule has 184 valence electrons. The van der Waals surface area contributed by atoms with E-state index in [-0.39, 0.29) is 11.5 Å². The third kappa shape index (κ3) is 5.52. The highest BCUT2D eigenvalue weighted by Crippen LogP contribution is 2.35. The van der Waals surface area contributed by atoms with Crippen LogP contribution in [0.1, 0.15) is 17.3 Å². The van der Waals surface area contributed by atoms with E-state index in [0.717, 1.165) is 34.0 Å². The summed E-state index contributed by atoms with van der Waals surface area (Å²) in [6, 6.07) is 21.9. The Labute approximate surface area is 213 Å². The third-order valence-electron chi connectivity index (χ3n) is 5.53. The highest BCUT2D eigenvalue weighted by Gasteiger charge is 2.21. The summed E-state index contributed by atoms with van der Waals surface area (Å²) in [6.07, 6.45) is 0. The summed E-state index contributed by atoms with van der Waals surface area (Å²) in [5.41, 5.74) is 9.45. The molecule has 4 rings (SSSR count). The lowest BCUT2D eigenvalue weighted by Gasteiger charge is -2.12. The van der Waals surface area contributed by atoms with Gasteiger partial charge in [-0.15, -0.1) is 0 Å². The van der Waals surface area contributed by atoms with Crippen LogP contribution in [0.25, 0.3) is 22.5 Å². The van der Waals surface area contributed by atoms with Gasteiger partial charge in [0.2, 0.25) is 5.91 Å². The number of rotatable bonds is 9. The average molecular weight is 503 g/mol. The maximum atomic E-state index is 12.9. The van der Waals surface area contributed by atoms with Gasteiger partial charge in [0.1, 0.15) is 11.5 Å². The highest BCUT2D eigenvalue weighted by atomic mass is 32.2. The van der Waals surface area contributed by atoms with Crippen molar-refractivity contribution in [2.75, 3.05) is 19.5 Å². The first kappa shape index (κ1) is 24.9.